The van der Waals surface area contributed by atoms with E-state index in [1.807, 2.05) is 12.2 Å². The molecule has 1 aromatic rings. The summed E-state index contributed by atoms with van der Waals surface area (Å²) in [7, 11) is 0. The number of aromatic nitrogens is 2. The van der Waals surface area contributed by atoms with Crippen LogP contribution >= 0.6 is 0 Å². The van der Waals surface area contributed by atoms with Crippen LogP contribution in [0.1, 0.15) is 18.3 Å². The van der Waals surface area contributed by atoms with Crippen molar-refractivity contribution in [3.63, 3.8) is 0 Å². The molecule has 0 unspecified atom stereocenters. The highest BCUT2D eigenvalue weighted by Gasteiger charge is 2.06. The van der Waals surface area contributed by atoms with Crippen LogP contribution in [0.4, 0.5) is 0 Å². The Balaban J connectivity index is 2.45. The lowest BCUT2D eigenvalue weighted by Crippen LogP contribution is -1.82. The van der Waals surface area contributed by atoms with Gasteiger partial charge in [0.2, 0.25) is 0 Å². The van der Waals surface area contributed by atoms with Crippen LogP contribution in [-0.4, -0.2) is 10.3 Å². The van der Waals surface area contributed by atoms with Crippen LogP contribution in [0, 0.1) is 0 Å². The highest BCUT2D eigenvalue weighted by atomic mass is 16.6. The lowest BCUT2D eigenvalue weighted by atomic mass is 10.2. The van der Waals surface area contributed by atoms with Crippen molar-refractivity contribution in [3.8, 4) is 0 Å². The summed E-state index contributed by atoms with van der Waals surface area (Å²) in [6.07, 6.45) is 6.85. The third kappa shape index (κ3) is 1.09. The molecule has 11 heavy (non-hydrogen) atoms. The molecule has 0 spiro atoms. The van der Waals surface area contributed by atoms with E-state index in [-0.39, 0.29) is 0 Å². The van der Waals surface area contributed by atoms with E-state index in [9.17, 15) is 0 Å². The first-order valence-corrected chi connectivity index (χ1v) is 3.52. The van der Waals surface area contributed by atoms with Gasteiger partial charge in [-0.05, 0) is 13.0 Å². The normalized spacial score (nSPS) is 15.5. The molecule has 0 aromatic carbocycles. The second-order valence-electron chi connectivity index (χ2n) is 2.58. The van der Waals surface area contributed by atoms with Crippen molar-refractivity contribution >= 4 is 6.08 Å². The summed E-state index contributed by atoms with van der Waals surface area (Å²) in [5.41, 5.74) is 3.00. The molecular formula is C8H8N2O. The first-order chi connectivity index (χ1) is 5.36. The largest absolute Gasteiger partial charge is 0.244 e. The number of fused-ring (bicyclic) bond motifs is 1. The summed E-state index contributed by atoms with van der Waals surface area (Å²) in [5, 5.41) is 7.51. The highest BCUT2D eigenvalue weighted by Crippen LogP contribution is 2.13. The van der Waals surface area contributed by atoms with Gasteiger partial charge in [-0.1, -0.05) is 28.0 Å². The third-order valence-corrected chi connectivity index (χ3v) is 1.71. The van der Waals surface area contributed by atoms with E-state index in [4.69, 9.17) is 0 Å². The molecule has 0 fully saturated rings. The first-order valence-electron chi connectivity index (χ1n) is 3.52. The van der Waals surface area contributed by atoms with Gasteiger partial charge in [0.05, 0.1) is 0 Å². The molecule has 0 saturated heterocycles. The molecule has 3 heteroatoms. The van der Waals surface area contributed by atoms with E-state index in [0.717, 1.165) is 17.8 Å². The number of rotatable bonds is 0. The van der Waals surface area contributed by atoms with Crippen molar-refractivity contribution < 1.29 is 4.63 Å². The second-order valence-corrected chi connectivity index (χ2v) is 2.58. The Bertz CT molecular complexity index is 323. The van der Waals surface area contributed by atoms with Gasteiger partial charge >= 0.3 is 0 Å². The van der Waals surface area contributed by atoms with Crippen molar-refractivity contribution in [2.24, 2.45) is 0 Å². The predicted molar refractivity (Wildman–Crippen MR) is 40.8 cm³/mol. The topological polar surface area (TPSA) is 38.9 Å². The van der Waals surface area contributed by atoms with E-state index in [1.54, 1.807) is 0 Å². The Kier molecular flexibility index (Phi) is 1.35. The minimum Gasteiger partial charge on any atom is -0.244 e. The molecule has 3 nitrogen and oxygen atoms in total. The summed E-state index contributed by atoms with van der Waals surface area (Å²) in [6, 6.07) is 0. The van der Waals surface area contributed by atoms with Crippen LogP contribution in [0.25, 0.3) is 6.08 Å². The van der Waals surface area contributed by atoms with E-state index in [2.05, 4.69) is 27.9 Å². The number of nitrogens with zero attached hydrogens (tertiary/aromatic N) is 2. The van der Waals surface area contributed by atoms with Gasteiger partial charge in [0.15, 0.2) is 0 Å². The zero-order valence-electron chi connectivity index (χ0n) is 6.24. The van der Waals surface area contributed by atoms with Crippen molar-refractivity contribution in [1.82, 2.24) is 10.3 Å². The standard InChI is InChI=1S/C8H8N2O/c1-6-2-4-7-8(5-3-6)10-11-9-7/h2-4H,5H2,1H3. The highest BCUT2D eigenvalue weighted by molar-refractivity contribution is 5.52. The maximum absolute atomic E-state index is 4.58. The summed E-state index contributed by atoms with van der Waals surface area (Å²) in [4.78, 5) is 0. The van der Waals surface area contributed by atoms with E-state index >= 15 is 0 Å². The maximum atomic E-state index is 4.58. The summed E-state index contributed by atoms with van der Waals surface area (Å²) < 4.78 is 4.58. The Hall–Kier alpha value is -1.38. The fourth-order valence-corrected chi connectivity index (χ4v) is 1.02. The van der Waals surface area contributed by atoms with E-state index < -0.39 is 0 Å². The smallest absolute Gasteiger partial charge is 0.131 e. The van der Waals surface area contributed by atoms with Crippen LogP contribution in [-0.2, 0) is 6.42 Å². The Labute approximate surface area is 64.4 Å². The van der Waals surface area contributed by atoms with Crippen molar-refractivity contribution in [2.75, 3.05) is 0 Å². The SMILES string of the molecule is CC1=CCc2nonc2C=C1. The first kappa shape index (κ1) is 6.34. The quantitative estimate of drug-likeness (QED) is 0.560. The Morgan fingerprint density at radius 3 is 3.18 bits per heavy atom. The van der Waals surface area contributed by atoms with Gasteiger partial charge in [-0.25, -0.2) is 4.63 Å². The zero-order chi connectivity index (χ0) is 7.68. The molecule has 1 aliphatic rings. The molecule has 0 N–H and O–H groups in total. The van der Waals surface area contributed by atoms with Gasteiger partial charge in [0, 0.05) is 6.42 Å². The van der Waals surface area contributed by atoms with Crippen LogP contribution < -0.4 is 0 Å². The molecule has 1 heterocycles. The van der Waals surface area contributed by atoms with Crippen LogP contribution in [0.15, 0.2) is 22.4 Å². The Morgan fingerprint density at radius 2 is 2.27 bits per heavy atom. The molecule has 0 amide bonds. The van der Waals surface area contributed by atoms with Crippen LogP contribution in [0.3, 0.4) is 0 Å². The molecule has 0 aliphatic heterocycles. The van der Waals surface area contributed by atoms with Gasteiger partial charge in [-0.15, -0.1) is 0 Å². The van der Waals surface area contributed by atoms with E-state index in [0.29, 0.717) is 0 Å². The molecule has 2 rings (SSSR count). The fraction of sp³-hybridized carbons (Fsp3) is 0.250. The number of allylic oxidation sites excluding steroid dienone is 3. The molecule has 1 aromatic heterocycles. The molecule has 56 valence electrons. The fourth-order valence-electron chi connectivity index (χ4n) is 1.02. The van der Waals surface area contributed by atoms with Gasteiger partial charge in [-0.3, -0.25) is 0 Å². The minimum absolute atomic E-state index is 0.817. The number of hydrogen-bond donors (Lipinski definition) is 0. The van der Waals surface area contributed by atoms with Crippen LogP contribution in [0.5, 0.6) is 0 Å². The van der Waals surface area contributed by atoms with Crippen molar-refractivity contribution in [2.45, 2.75) is 13.3 Å². The molecule has 1 aliphatic carbocycles. The van der Waals surface area contributed by atoms with Gasteiger partial charge in [0.25, 0.3) is 0 Å². The van der Waals surface area contributed by atoms with Gasteiger partial charge < -0.3 is 0 Å². The predicted octanol–water partition coefficient (Wildman–Crippen LogP) is 1.59. The zero-order valence-corrected chi connectivity index (χ0v) is 6.24. The molecular weight excluding hydrogens is 140 g/mol. The second kappa shape index (κ2) is 2.34. The molecule has 0 atom stereocenters. The van der Waals surface area contributed by atoms with E-state index in [1.165, 1.54) is 5.57 Å². The Morgan fingerprint density at radius 1 is 1.36 bits per heavy atom. The van der Waals surface area contributed by atoms with Crippen LogP contribution in [0.2, 0.25) is 0 Å². The van der Waals surface area contributed by atoms with Crippen molar-refractivity contribution in [1.29, 1.82) is 0 Å². The lowest BCUT2D eigenvalue weighted by Gasteiger charge is -1.84. The molecule has 0 bridgehead atoms. The average molecular weight is 148 g/mol. The monoisotopic (exact) mass is 148 g/mol. The minimum atomic E-state index is 0.817. The lowest BCUT2D eigenvalue weighted by molar-refractivity contribution is 0.303. The summed E-state index contributed by atoms with van der Waals surface area (Å²) >= 11 is 0. The van der Waals surface area contributed by atoms with Gasteiger partial charge in [0.1, 0.15) is 11.4 Å². The number of hydrogen-bond acceptors (Lipinski definition) is 3. The molecule has 0 radical (unpaired) electrons. The van der Waals surface area contributed by atoms with Crippen molar-refractivity contribution in [3.05, 3.63) is 29.1 Å². The third-order valence-electron chi connectivity index (χ3n) is 1.71. The maximum Gasteiger partial charge on any atom is 0.131 e. The average Bonchev–Trinajstić information content (AvgIpc) is 2.38. The van der Waals surface area contributed by atoms with Gasteiger partial charge in [-0.2, -0.15) is 0 Å². The molecule has 0 saturated carbocycles. The summed E-state index contributed by atoms with van der Waals surface area (Å²) in [6.45, 7) is 2.06. The summed E-state index contributed by atoms with van der Waals surface area (Å²) in [5.74, 6) is 0.